The van der Waals surface area contributed by atoms with Crippen LogP contribution < -0.4 is 15.0 Å². The minimum absolute atomic E-state index is 0.124. The standard InChI is InChI=1S/C24H30N6O3/c1-24(2,32)14-33-18-8-19(22-20(23(31)28(3)4)10-26-30(22)13-18)15-5-6-21(25-9-15)29-11-16-7-17(12-29)27-16/h5-6,8-10,13,16-17,27,32H,7,11-12,14H2,1-4H3. The second kappa shape index (κ2) is 8.00. The molecule has 2 unspecified atom stereocenters. The Morgan fingerprint density at radius 2 is 2.00 bits per heavy atom. The molecule has 9 nitrogen and oxygen atoms in total. The van der Waals surface area contributed by atoms with Crippen molar-refractivity contribution < 1.29 is 14.6 Å². The summed E-state index contributed by atoms with van der Waals surface area (Å²) in [6.07, 6.45) is 6.39. The van der Waals surface area contributed by atoms with E-state index >= 15 is 0 Å². The molecule has 3 saturated heterocycles. The number of aromatic nitrogens is 3. The van der Waals surface area contributed by atoms with E-state index in [1.54, 1.807) is 44.9 Å². The molecule has 0 aromatic carbocycles. The van der Waals surface area contributed by atoms with Crippen LogP contribution in [0.1, 0.15) is 30.6 Å². The molecular formula is C24H30N6O3. The summed E-state index contributed by atoms with van der Waals surface area (Å²) in [5.41, 5.74) is 1.90. The normalized spacial score (nSPS) is 20.0. The Hall–Kier alpha value is -3.17. The van der Waals surface area contributed by atoms with Gasteiger partial charge in [-0.2, -0.15) is 5.10 Å². The SMILES string of the molecule is CN(C)C(=O)c1cnn2cc(OCC(C)(C)O)cc(-c3ccc(N4CC5CC(C4)N5)nc3)c12. The van der Waals surface area contributed by atoms with E-state index in [-0.39, 0.29) is 12.5 Å². The van der Waals surface area contributed by atoms with Gasteiger partial charge in [-0.25, -0.2) is 9.50 Å². The highest BCUT2D eigenvalue weighted by Crippen LogP contribution is 2.33. The van der Waals surface area contributed by atoms with Gasteiger partial charge in [0.15, 0.2) is 0 Å². The van der Waals surface area contributed by atoms with Crippen LogP contribution in [0.3, 0.4) is 0 Å². The zero-order valence-corrected chi connectivity index (χ0v) is 19.4. The molecule has 3 aliphatic rings. The lowest BCUT2D eigenvalue weighted by molar-refractivity contribution is 0.0283. The number of rotatable bonds is 6. The predicted octanol–water partition coefficient (Wildman–Crippen LogP) is 1.80. The van der Waals surface area contributed by atoms with E-state index in [4.69, 9.17) is 9.72 Å². The van der Waals surface area contributed by atoms with Gasteiger partial charge in [-0.3, -0.25) is 4.79 Å². The molecule has 2 atom stereocenters. The highest BCUT2D eigenvalue weighted by Gasteiger charge is 2.36. The van der Waals surface area contributed by atoms with Crippen LogP contribution in [-0.4, -0.2) is 82.0 Å². The molecule has 0 saturated carbocycles. The van der Waals surface area contributed by atoms with Gasteiger partial charge in [0, 0.05) is 56.6 Å². The Labute approximate surface area is 193 Å². The van der Waals surface area contributed by atoms with E-state index in [0.29, 0.717) is 28.9 Å². The van der Waals surface area contributed by atoms with Crippen LogP contribution in [0.2, 0.25) is 0 Å². The van der Waals surface area contributed by atoms with Gasteiger partial charge >= 0.3 is 0 Å². The van der Waals surface area contributed by atoms with Crippen LogP contribution in [0.5, 0.6) is 5.75 Å². The summed E-state index contributed by atoms with van der Waals surface area (Å²) < 4.78 is 7.51. The smallest absolute Gasteiger partial charge is 0.257 e. The molecule has 6 heterocycles. The lowest BCUT2D eigenvalue weighted by atomic mass is 9.91. The second-order valence-corrected chi connectivity index (χ2v) is 9.85. The molecule has 2 bridgehead atoms. The van der Waals surface area contributed by atoms with Gasteiger partial charge in [-0.1, -0.05) is 0 Å². The molecule has 0 aliphatic carbocycles. The van der Waals surface area contributed by atoms with Crippen LogP contribution in [0, 0.1) is 0 Å². The number of pyridine rings is 2. The van der Waals surface area contributed by atoms with Gasteiger partial charge in [0.1, 0.15) is 18.2 Å². The molecular weight excluding hydrogens is 420 g/mol. The maximum absolute atomic E-state index is 12.8. The van der Waals surface area contributed by atoms with Crippen LogP contribution in [0.25, 0.3) is 16.6 Å². The quantitative estimate of drug-likeness (QED) is 0.591. The van der Waals surface area contributed by atoms with E-state index in [2.05, 4.69) is 15.3 Å². The van der Waals surface area contributed by atoms with E-state index < -0.39 is 5.60 Å². The van der Waals surface area contributed by atoms with Crippen molar-refractivity contribution in [1.82, 2.24) is 24.8 Å². The molecule has 1 amide bonds. The fraction of sp³-hybridized carbons (Fsp3) is 0.458. The number of nitrogens with zero attached hydrogens (tertiary/aromatic N) is 5. The molecule has 0 radical (unpaired) electrons. The minimum atomic E-state index is -0.974. The Morgan fingerprint density at radius 1 is 1.27 bits per heavy atom. The first kappa shape index (κ1) is 21.7. The number of amides is 1. The van der Waals surface area contributed by atoms with Gasteiger partial charge in [-0.05, 0) is 38.5 Å². The van der Waals surface area contributed by atoms with Crippen molar-refractivity contribution in [3.05, 3.63) is 42.4 Å². The van der Waals surface area contributed by atoms with E-state index in [9.17, 15) is 9.90 Å². The maximum Gasteiger partial charge on any atom is 0.257 e. The molecule has 33 heavy (non-hydrogen) atoms. The lowest BCUT2D eigenvalue weighted by Crippen LogP contribution is -2.67. The van der Waals surface area contributed by atoms with Crippen molar-refractivity contribution in [2.45, 2.75) is 38.0 Å². The average molecular weight is 451 g/mol. The summed E-state index contributed by atoms with van der Waals surface area (Å²) in [7, 11) is 3.45. The molecule has 3 aromatic heterocycles. The van der Waals surface area contributed by atoms with Crippen LogP contribution in [-0.2, 0) is 0 Å². The third-order valence-corrected chi connectivity index (χ3v) is 6.12. The van der Waals surface area contributed by atoms with Crippen molar-refractivity contribution in [3.63, 3.8) is 0 Å². The van der Waals surface area contributed by atoms with E-state index in [1.807, 2.05) is 24.4 Å². The van der Waals surface area contributed by atoms with Crippen LogP contribution in [0.4, 0.5) is 5.82 Å². The summed E-state index contributed by atoms with van der Waals surface area (Å²) in [5, 5.41) is 18.0. The number of hydrogen-bond acceptors (Lipinski definition) is 7. The minimum Gasteiger partial charge on any atom is -0.489 e. The zero-order valence-electron chi connectivity index (χ0n) is 19.4. The van der Waals surface area contributed by atoms with Crippen molar-refractivity contribution in [2.75, 3.05) is 38.7 Å². The van der Waals surface area contributed by atoms with Crippen LogP contribution >= 0.6 is 0 Å². The van der Waals surface area contributed by atoms with Gasteiger partial charge in [-0.15, -0.1) is 0 Å². The summed E-state index contributed by atoms with van der Waals surface area (Å²) in [5.74, 6) is 1.39. The summed E-state index contributed by atoms with van der Waals surface area (Å²) in [6, 6.07) is 7.06. The molecule has 6 rings (SSSR count). The number of ether oxygens (including phenoxy) is 1. The third-order valence-electron chi connectivity index (χ3n) is 6.12. The Balaban J connectivity index is 1.54. The first-order valence-corrected chi connectivity index (χ1v) is 11.2. The summed E-state index contributed by atoms with van der Waals surface area (Å²) >= 11 is 0. The molecule has 3 fully saturated rings. The molecule has 0 spiro atoms. The highest BCUT2D eigenvalue weighted by atomic mass is 16.5. The fourth-order valence-electron chi connectivity index (χ4n) is 4.49. The topological polar surface area (TPSA) is 95.2 Å². The van der Waals surface area contributed by atoms with Gasteiger partial charge in [0.05, 0.1) is 29.1 Å². The summed E-state index contributed by atoms with van der Waals surface area (Å²) in [4.78, 5) is 21.4. The predicted molar refractivity (Wildman–Crippen MR) is 126 cm³/mol. The van der Waals surface area contributed by atoms with E-state index in [0.717, 1.165) is 30.0 Å². The monoisotopic (exact) mass is 450 g/mol. The first-order chi connectivity index (χ1) is 15.7. The van der Waals surface area contributed by atoms with Crippen molar-refractivity contribution in [2.24, 2.45) is 0 Å². The number of anilines is 1. The molecule has 3 aromatic rings. The first-order valence-electron chi connectivity index (χ1n) is 11.2. The second-order valence-electron chi connectivity index (χ2n) is 9.85. The van der Waals surface area contributed by atoms with Crippen molar-refractivity contribution >= 4 is 17.2 Å². The van der Waals surface area contributed by atoms with Crippen molar-refractivity contribution in [1.29, 1.82) is 0 Å². The number of aliphatic hydroxyl groups is 1. The molecule has 3 aliphatic heterocycles. The largest absolute Gasteiger partial charge is 0.489 e. The number of piperidine rings is 1. The van der Waals surface area contributed by atoms with Crippen molar-refractivity contribution in [3.8, 4) is 16.9 Å². The van der Waals surface area contributed by atoms with Gasteiger partial charge in [0.25, 0.3) is 5.91 Å². The average Bonchev–Trinajstić information content (AvgIpc) is 3.20. The number of hydrogen-bond donors (Lipinski definition) is 2. The number of carbonyl (C=O) groups excluding carboxylic acids is 1. The lowest BCUT2D eigenvalue weighted by Gasteiger charge is -2.48. The number of carbonyl (C=O) groups is 1. The zero-order chi connectivity index (χ0) is 23.3. The van der Waals surface area contributed by atoms with Gasteiger partial charge in [0.2, 0.25) is 0 Å². The summed E-state index contributed by atoms with van der Waals surface area (Å²) in [6.45, 7) is 5.45. The van der Waals surface area contributed by atoms with Gasteiger partial charge < -0.3 is 25.0 Å². The highest BCUT2D eigenvalue weighted by molar-refractivity contribution is 6.04. The molecule has 174 valence electrons. The fourth-order valence-corrected chi connectivity index (χ4v) is 4.49. The maximum atomic E-state index is 12.8. The molecule has 9 heteroatoms. The van der Waals surface area contributed by atoms with Crippen LogP contribution in [0.15, 0.2) is 36.8 Å². The number of fused-ring (bicyclic) bond motifs is 3. The third kappa shape index (κ3) is 4.26. The van der Waals surface area contributed by atoms with E-state index in [1.165, 1.54) is 11.3 Å². The Bertz CT molecular complexity index is 1170. The Morgan fingerprint density at radius 3 is 2.61 bits per heavy atom. The molecule has 2 N–H and O–H groups in total. The Kier molecular flexibility index (Phi) is 5.25. The number of piperazine rings is 1. The number of nitrogens with one attached hydrogen (secondary N) is 1.